The van der Waals surface area contributed by atoms with Gasteiger partial charge in [0.2, 0.25) is 0 Å². The maximum Gasteiger partial charge on any atom is 0.192 e. The molecule has 0 aliphatic heterocycles. The summed E-state index contributed by atoms with van der Waals surface area (Å²) in [5.41, 5.74) is 1.20. The van der Waals surface area contributed by atoms with Crippen molar-refractivity contribution in [2.75, 3.05) is 20.2 Å². The van der Waals surface area contributed by atoms with Crippen molar-refractivity contribution in [2.24, 2.45) is 5.41 Å². The lowest BCUT2D eigenvalue weighted by Crippen LogP contribution is -2.41. The Balaban J connectivity index is 3.15. The van der Waals surface area contributed by atoms with Crippen molar-refractivity contribution in [1.29, 1.82) is 0 Å². The monoisotopic (exact) mass is 385 g/mol. The summed E-state index contributed by atoms with van der Waals surface area (Å²) >= 11 is 6.56. The van der Waals surface area contributed by atoms with Gasteiger partial charge in [-0.1, -0.05) is 59.2 Å². The van der Waals surface area contributed by atoms with Gasteiger partial charge in [0.1, 0.15) is 5.75 Å². The van der Waals surface area contributed by atoms with E-state index < -0.39 is 8.32 Å². The van der Waals surface area contributed by atoms with Crippen LogP contribution in [0.5, 0.6) is 5.75 Å². The number of hydrogen-bond acceptors (Lipinski definition) is 3. The zero-order chi connectivity index (χ0) is 19.1. The van der Waals surface area contributed by atoms with Gasteiger partial charge < -0.3 is 14.5 Å². The molecule has 1 N–H and O–H groups in total. The second-order valence-electron chi connectivity index (χ2n) is 7.90. The van der Waals surface area contributed by atoms with Crippen LogP contribution in [0.25, 0.3) is 0 Å². The van der Waals surface area contributed by atoms with Crippen LogP contribution in [-0.2, 0) is 4.43 Å². The highest BCUT2D eigenvalue weighted by atomic mass is 35.5. The van der Waals surface area contributed by atoms with Crippen LogP contribution < -0.4 is 10.1 Å². The minimum atomic E-state index is -1.77. The molecular formula is C20H36ClNO2Si. The second kappa shape index (κ2) is 9.96. The summed E-state index contributed by atoms with van der Waals surface area (Å²) < 4.78 is 12.4. The van der Waals surface area contributed by atoms with Crippen molar-refractivity contribution in [3.8, 4) is 5.75 Å². The van der Waals surface area contributed by atoms with Crippen LogP contribution >= 0.6 is 11.6 Å². The van der Waals surface area contributed by atoms with Gasteiger partial charge in [0.25, 0.3) is 0 Å². The predicted molar refractivity (Wildman–Crippen MR) is 111 cm³/mol. The molecule has 0 aliphatic carbocycles. The molecule has 0 heterocycles. The number of ether oxygens (including phenoxy) is 1. The molecule has 0 amide bonds. The minimum Gasteiger partial charge on any atom is -0.496 e. The first-order valence-corrected chi connectivity index (χ1v) is 12.3. The topological polar surface area (TPSA) is 30.5 Å². The van der Waals surface area contributed by atoms with E-state index >= 15 is 0 Å². The SMILES string of the molecule is CC[Si](CC)(CC)OC(CNCC(C)(C)C)c1c(Cl)cccc1OC. The summed E-state index contributed by atoms with van der Waals surface area (Å²) in [5, 5.41) is 4.30. The molecule has 144 valence electrons. The average molecular weight is 386 g/mol. The third kappa shape index (κ3) is 6.59. The molecular weight excluding hydrogens is 350 g/mol. The summed E-state index contributed by atoms with van der Waals surface area (Å²) in [4.78, 5) is 0. The molecule has 5 heteroatoms. The van der Waals surface area contributed by atoms with Crippen LogP contribution in [0.2, 0.25) is 23.2 Å². The molecule has 1 atom stereocenters. The van der Waals surface area contributed by atoms with E-state index in [1.54, 1.807) is 7.11 Å². The fourth-order valence-corrected chi connectivity index (χ4v) is 6.18. The molecule has 1 aromatic rings. The fraction of sp³-hybridized carbons (Fsp3) is 0.700. The summed E-state index contributed by atoms with van der Waals surface area (Å²) in [6.45, 7) is 15.1. The van der Waals surface area contributed by atoms with Crippen molar-refractivity contribution in [3.05, 3.63) is 28.8 Å². The summed E-state index contributed by atoms with van der Waals surface area (Å²) in [7, 11) is -0.0786. The highest BCUT2D eigenvalue weighted by Gasteiger charge is 2.34. The Hall–Kier alpha value is -0.553. The summed E-state index contributed by atoms with van der Waals surface area (Å²) in [6.07, 6.45) is -0.0856. The molecule has 25 heavy (non-hydrogen) atoms. The van der Waals surface area contributed by atoms with E-state index in [0.29, 0.717) is 5.02 Å². The highest BCUT2D eigenvalue weighted by Crippen LogP contribution is 2.37. The molecule has 0 aromatic heterocycles. The Morgan fingerprint density at radius 1 is 1.12 bits per heavy atom. The van der Waals surface area contributed by atoms with E-state index in [-0.39, 0.29) is 11.5 Å². The van der Waals surface area contributed by atoms with Gasteiger partial charge in [0.15, 0.2) is 8.32 Å². The Bertz CT molecular complexity index is 519. The zero-order valence-corrected chi connectivity index (χ0v) is 18.8. The zero-order valence-electron chi connectivity index (χ0n) is 17.0. The summed E-state index contributed by atoms with van der Waals surface area (Å²) in [5.74, 6) is 0.807. The maximum atomic E-state index is 6.82. The van der Waals surface area contributed by atoms with Gasteiger partial charge in [0.05, 0.1) is 18.2 Å². The molecule has 1 rings (SSSR count). The Kier molecular flexibility index (Phi) is 8.96. The van der Waals surface area contributed by atoms with Crippen LogP contribution in [0.4, 0.5) is 0 Å². The normalized spacial score (nSPS) is 13.8. The predicted octanol–water partition coefficient (Wildman–Crippen LogP) is 6.05. The number of hydrogen-bond donors (Lipinski definition) is 1. The van der Waals surface area contributed by atoms with Crippen LogP contribution in [0, 0.1) is 5.41 Å². The molecule has 0 radical (unpaired) electrons. The van der Waals surface area contributed by atoms with Crippen molar-refractivity contribution in [2.45, 2.75) is 65.8 Å². The molecule has 0 aliphatic rings. The third-order valence-electron chi connectivity index (χ3n) is 4.87. The quantitative estimate of drug-likeness (QED) is 0.497. The molecule has 1 aromatic carbocycles. The lowest BCUT2D eigenvalue weighted by molar-refractivity contribution is 0.177. The van der Waals surface area contributed by atoms with Gasteiger partial charge in [-0.3, -0.25) is 0 Å². The van der Waals surface area contributed by atoms with E-state index in [0.717, 1.165) is 42.5 Å². The van der Waals surface area contributed by atoms with Crippen molar-refractivity contribution in [1.82, 2.24) is 5.32 Å². The first-order valence-electron chi connectivity index (χ1n) is 9.42. The highest BCUT2D eigenvalue weighted by molar-refractivity contribution is 6.73. The molecule has 0 saturated heterocycles. The lowest BCUT2D eigenvalue weighted by Gasteiger charge is -2.35. The molecule has 0 saturated carbocycles. The number of nitrogens with one attached hydrogen (secondary N) is 1. The molecule has 3 nitrogen and oxygen atoms in total. The molecule has 0 bridgehead atoms. The standard InChI is InChI=1S/C20H36ClNO2Si/c1-8-25(9-2,10-3)24-18(14-22-15-20(4,5)6)19-16(21)12-11-13-17(19)23-7/h11-13,18,22H,8-10,14-15H2,1-7H3. The Morgan fingerprint density at radius 2 is 1.72 bits per heavy atom. The Labute approximate surface area is 160 Å². The van der Waals surface area contributed by atoms with Crippen LogP contribution in [0.1, 0.15) is 53.2 Å². The maximum absolute atomic E-state index is 6.82. The summed E-state index contributed by atoms with van der Waals surface area (Å²) in [6, 6.07) is 9.16. The number of methoxy groups -OCH3 is 1. The Morgan fingerprint density at radius 3 is 2.20 bits per heavy atom. The van der Waals surface area contributed by atoms with Crippen molar-refractivity contribution >= 4 is 19.9 Å². The van der Waals surface area contributed by atoms with E-state index in [9.17, 15) is 0 Å². The van der Waals surface area contributed by atoms with Gasteiger partial charge >= 0.3 is 0 Å². The number of halogens is 1. The van der Waals surface area contributed by atoms with E-state index in [2.05, 4.69) is 46.9 Å². The first-order chi connectivity index (χ1) is 11.7. The van der Waals surface area contributed by atoms with Gasteiger partial charge in [-0.05, 0) is 35.7 Å². The smallest absolute Gasteiger partial charge is 0.192 e. The van der Waals surface area contributed by atoms with Crippen LogP contribution in [0.15, 0.2) is 18.2 Å². The fourth-order valence-electron chi connectivity index (χ4n) is 3.09. The van der Waals surface area contributed by atoms with Crippen LogP contribution in [-0.4, -0.2) is 28.5 Å². The van der Waals surface area contributed by atoms with E-state index in [1.165, 1.54) is 0 Å². The average Bonchev–Trinajstić information content (AvgIpc) is 2.57. The lowest BCUT2D eigenvalue weighted by atomic mass is 9.97. The second-order valence-corrected chi connectivity index (χ2v) is 13.0. The number of rotatable bonds is 10. The third-order valence-corrected chi connectivity index (χ3v) is 9.85. The van der Waals surface area contributed by atoms with Gasteiger partial charge in [-0.25, -0.2) is 0 Å². The minimum absolute atomic E-state index is 0.0856. The van der Waals surface area contributed by atoms with E-state index in [1.807, 2.05) is 18.2 Å². The van der Waals surface area contributed by atoms with Gasteiger partial charge in [0, 0.05) is 18.7 Å². The van der Waals surface area contributed by atoms with Crippen LogP contribution in [0.3, 0.4) is 0 Å². The molecule has 0 spiro atoms. The van der Waals surface area contributed by atoms with Crippen molar-refractivity contribution < 1.29 is 9.16 Å². The van der Waals surface area contributed by atoms with Gasteiger partial charge in [-0.2, -0.15) is 0 Å². The van der Waals surface area contributed by atoms with Gasteiger partial charge in [-0.15, -0.1) is 0 Å². The number of benzene rings is 1. The van der Waals surface area contributed by atoms with Crippen molar-refractivity contribution in [3.63, 3.8) is 0 Å². The van der Waals surface area contributed by atoms with E-state index in [4.69, 9.17) is 20.8 Å². The molecule has 0 fully saturated rings. The first kappa shape index (κ1) is 22.5. The molecule has 1 unspecified atom stereocenters. The largest absolute Gasteiger partial charge is 0.496 e.